The summed E-state index contributed by atoms with van der Waals surface area (Å²) in [5.41, 5.74) is 1.81. The van der Waals surface area contributed by atoms with Crippen molar-refractivity contribution in [2.75, 3.05) is 24.8 Å². The number of aryl methyl sites for hydroxylation is 1. The summed E-state index contributed by atoms with van der Waals surface area (Å²) in [7, 11) is 3.37. The number of nitrogens with one attached hydrogen (secondary N) is 2. The molecule has 0 aromatic carbocycles. The van der Waals surface area contributed by atoms with Gasteiger partial charge in [0.05, 0.1) is 19.0 Å². The van der Waals surface area contributed by atoms with Gasteiger partial charge in [-0.2, -0.15) is 4.98 Å². The van der Waals surface area contributed by atoms with Crippen LogP contribution in [0.15, 0.2) is 24.5 Å². The predicted molar refractivity (Wildman–Crippen MR) is 70.4 cm³/mol. The fraction of sp³-hybridized carbons (Fsp3) is 0.250. The number of hydrogen-bond acceptors (Lipinski definition) is 6. The van der Waals surface area contributed by atoms with E-state index in [-0.39, 0.29) is 0 Å². The molecular formula is C12H15N5O. The second kappa shape index (κ2) is 5.31. The Balaban J connectivity index is 2.21. The van der Waals surface area contributed by atoms with E-state index in [1.165, 1.54) is 0 Å². The summed E-state index contributed by atoms with van der Waals surface area (Å²) >= 11 is 0. The van der Waals surface area contributed by atoms with Gasteiger partial charge in [0, 0.05) is 24.9 Å². The first-order valence-corrected chi connectivity index (χ1v) is 5.51. The van der Waals surface area contributed by atoms with Crippen molar-refractivity contribution in [3.63, 3.8) is 0 Å². The summed E-state index contributed by atoms with van der Waals surface area (Å²) in [5.74, 6) is 1.90. The van der Waals surface area contributed by atoms with E-state index in [0.29, 0.717) is 11.8 Å². The van der Waals surface area contributed by atoms with Crippen LogP contribution in [-0.2, 0) is 0 Å². The molecule has 2 aromatic heterocycles. The highest BCUT2D eigenvalue weighted by molar-refractivity contribution is 5.59. The molecule has 0 atom stereocenters. The zero-order valence-corrected chi connectivity index (χ0v) is 10.6. The van der Waals surface area contributed by atoms with Gasteiger partial charge in [-0.3, -0.25) is 0 Å². The molecule has 0 fully saturated rings. The second-order valence-corrected chi connectivity index (χ2v) is 3.69. The summed E-state index contributed by atoms with van der Waals surface area (Å²) in [4.78, 5) is 12.6. The Labute approximate surface area is 105 Å². The SMILES string of the molecule is CNc1ncc(C)c(Nc2ccc(OC)nc2)n1. The summed E-state index contributed by atoms with van der Waals surface area (Å²) in [6.07, 6.45) is 3.46. The third-order valence-corrected chi connectivity index (χ3v) is 2.40. The van der Waals surface area contributed by atoms with Gasteiger partial charge in [-0.05, 0) is 13.0 Å². The fourth-order valence-corrected chi connectivity index (χ4v) is 1.40. The topological polar surface area (TPSA) is 72.0 Å². The fourth-order valence-electron chi connectivity index (χ4n) is 1.40. The molecule has 0 bridgehead atoms. The van der Waals surface area contributed by atoms with Crippen molar-refractivity contribution < 1.29 is 4.74 Å². The van der Waals surface area contributed by atoms with Crippen molar-refractivity contribution in [3.8, 4) is 5.88 Å². The average Bonchev–Trinajstić information content (AvgIpc) is 2.42. The molecule has 2 rings (SSSR count). The molecule has 0 aliphatic carbocycles. The molecule has 0 amide bonds. The lowest BCUT2D eigenvalue weighted by Crippen LogP contribution is -2.02. The molecule has 2 heterocycles. The quantitative estimate of drug-likeness (QED) is 0.858. The van der Waals surface area contributed by atoms with Crippen LogP contribution in [0.4, 0.5) is 17.5 Å². The maximum Gasteiger partial charge on any atom is 0.224 e. The van der Waals surface area contributed by atoms with Gasteiger partial charge in [0.25, 0.3) is 0 Å². The number of hydrogen-bond donors (Lipinski definition) is 2. The van der Waals surface area contributed by atoms with E-state index in [4.69, 9.17) is 4.74 Å². The van der Waals surface area contributed by atoms with Crippen LogP contribution in [0.2, 0.25) is 0 Å². The van der Waals surface area contributed by atoms with Crippen LogP contribution >= 0.6 is 0 Å². The van der Waals surface area contributed by atoms with Gasteiger partial charge in [-0.25, -0.2) is 9.97 Å². The molecule has 18 heavy (non-hydrogen) atoms. The summed E-state index contributed by atoms with van der Waals surface area (Å²) in [6, 6.07) is 3.67. The summed E-state index contributed by atoms with van der Waals surface area (Å²) < 4.78 is 5.01. The van der Waals surface area contributed by atoms with E-state index in [2.05, 4.69) is 25.6 Å². The molecule has 6 nitrogen and oxygen atoms in total. The monoisotopic (exact) mass is 245 g/mol. The Kier molecular flexibility index (Phi) is 3.57. The lowest BCUT2D eigenvalue weighted by Gasteiger charge is -2.09. The van der Waals surface area contributed by atoms with Gasteiger partial charge >= 0.3 is 0 Å². The molecule has 6 heteroatoms. The van der Waals surface area contributed by atoms with Crippen molar-refractivity contribution in [3.05, 3.63) is 30.1 Å². The highest BCUT2D eigenvalue weighted by atomic mass is 16.5. The largest absolute Gasteiger partial charge is 0.481 e. The van der Waals surface area contributed by atoms with Crippen molar-refractivity contribution >= 4 is 17.5 Å². The van der Waals surface area contributed by atoms with Crippen LogP contribution in [0, 0.1) is 6.92 Å². The van der Waals surface area contributed by atoms with Gasteiger partial charge < -0.3 is 15.4 Å². The van der Waals surface area contributed by atoms with Crippen molar-refractivity contribution in [2.24, 2.45) is 0 Å². The zero-order valence-electron chi connectivity index (χ0n) is 10.6. The van der Waals surface area contributed by atoms with Gasteiger partial charge in [-0.1, -0.05) is 0 Å². The van der Waals surface area contributed by atoms with Crippen molar-refractivity contribution in [1.82, 2.24) is 15.0 Å². The maximum atomic E-state index is 5.01. The standard InChI is InChI=1S/C12H15N5O/c1-8-6-15-12(13-2)17-11(8)16-9-4-5-10(18-3)14-7-9/h4-7H,1-3H3,(H2,13,15,16,17). The summed E-state index contributed by atoms with van der Waals surface area (Å²) in [5, 5.41) is 6.09. The van der Waals surface area contributed by atoms with E-state index in [9.17, 15) is 0 Å². The number of nitrogens with zero attached hydrogens (tertiary/aromatic N) is 3. The molecular weight excluding hydrogens is 230 g/mol. The minimum Gasteiger partial charge on any atom is -0.481 e. The van der Waals surface area contributed by atoms with E-state index in [1.54, 1.807) is 32.6 Å². The summed E-state index contributed by atoms with van der Waals surface area (Å²) in [6.45, 7) is 1.94. The smallest absolute Gasteiger partial charge is 0.224 e. The molecule has 94 valence electrons. The molecule has 0 aliphatic rings. The first-order chi connectivity index (χ1) is 8.72. The third kappa shape index (κ3) is 2.65. The van der Waals surface area contributed by atoms with Crippen LogP contribution in [0.3, 0.4) is 0 Å². The molecule has 2 N–H and O–H groups in total. The number of anilines is 3. The highest BCUT2D eigenvalue weighted by Gasteiger charge is 2.03. The minimum absolute atomic E-state index is 0.574. The van der Waals surface area contributed by atoms with Crippen LogP contribution in [-0.4, -0.2) is 29.1 Å². The average molecular weight is 245 g/mol. The Morgan fingerprint density at radius 3 is 2.61 bits per heavy atom. The van der Waals surface area contributed by atoms with Gasteiger partial charge in [0.2, 0.25) is 11.8 Å². The maximum absolute atomic E-state index is 5.01. The number of pyridine rings is 1. The first kappa shape index (κ1) is 12.1. The van der Waals surface area contributed by atoms with Crippen molar-refractivity contribution in [2.45, 2.75) is 6.92 Å². The zero-order chi connectivity index (χ0) is 13.0. The Morgan fingerprint density at radius 2 is 2.00 bits per heavy atom. The predicted octanol–water partition coefficient (Wildman–Crippen LogP) is 1.97. The first-order valence-electron chi connectivity index (χ1n) is 5.51. The molecule has 0 saturated heterocycles. The van der Waals surface area contributed by atoms with Crippen LogP contribution in [0.25, 0.3) is 0 Å². The lowest BCUT2D eigenvalue weighted by atomic mass is 10.3. The van der Waals surface area contributed by atoms with E-state index < -0.39 is 0 Å². The Bertz CT molecular complexity index is 526. The highest BCUT2D eigenvalue weighted by Crippen LogP contribution is 2.19. The van der Waals surface area contributed by atoms with E-state index in [0.717, 1.165) is 17.1 Å². The van der Waals surface area contributed by atoms with Gasteiger partial charge in [-0.15, -0.1) is 0 Å². The molecule has 0 saturated carbocycles. The Hall–Kier alpha value is -2.37. The number of methoxy groups -OCH3 is 1. The number of aromatic nitrogens is 3. The molecule has 0 radical (unpaired) electrons. The van der Waals surface area contributed by atoms with Crippen molar-refractivity contribution in [1.29, 1.82) is 0 Å². The van der Waals surface area contributed by atoms with Crippen LogP contribution < -0.4 is 15.4 Å². The minimum atomic E-state index is 0.574. The van der Waals surface area contributed by atoms with Gasteiger partial charge in [0.1, 0.15) is 5.82 Å². The normalized spacial score (nSPS) is 9.94. The van der Waals surface area contributed by atoms with Crippen LogP contribution in [0.5, 0.6) is 5.88 Å². The Morgan fingerprint density at radius 1 is 1.17 bits per heavy atom. The molecule has 0 aliphatic heterocycles. The van der Waals surface area contributed by atoms with E-state index in [1.807, 2.05) is 13.0 Å². The van der Waals surface area contributed by atoms with Crippen LogP contribution in [0.1, 0.15) is 5.56 Å². The molecule has 0 spiro atoms. The second-order valence-electron chi connectivity index (χ2n) is 3.69. The molecule has 0 unspecified atom stereocenters. The van der Waals surface area contributed by atoms with E-state index >= 15 is 0 Å². The van der Waals surface area contributed by atoms with Gasteiger partial charge in [0.15, 0.2) is 0 Å². The lowest BCUT2D eigenvalue weighted by molar-refractivity contribution is 0.398. The third-order valence-electron chi connectivity index (χ3n) is 2.40. The number of rotatable bonds is 4. The molecule has 2 aromatic rings. The number of ether oxygens (including phenoxy) is 1.